The van der Waals surface area contributed by atoms with E-state index >= 15 is 0 Å². The highest BCUT2D eigenvalue weighted by molar-refractivity contribution is 7.89. The average Bonchev–Trinajstić information content (AvgIpc) is 2.89. The summed E-state index contributed by atoms with van der Waals surface area (Å²) in [6, 6.07) is 6.31. The largest absolute Gasteiger partial charge is 0.378 e. The first-order chi connectivity index (χ1) is 9.88. The number of benzene rings is 1. The minimum absolute atomic E-state index is 0.0152. The number of ether oxygens (including phenoxy) is 1. The Kier molecular flexibility index (Phi) is 5.35. The van der Waals surface area contributed by atoms with E-state index in [0.717, 1.165) is 12.0 Å². The second-order valence-electron chi connectivity index (χ2n) is 5.63. The minimum atomic E-state index is -3.27. The van der Waals surface area contributed by atoms with Crippen LogP contribution >= 0.6 is 0 Å². The first kappa shape index (κ1) is 16.4. The SMILES string of the molecule is CC(C)OCCS(=O)(=O)N1CC[C@@H](c2ccc(F)cc2)C1. The van der Waals surface area contributed by atoms with Crippen LogP contribution in [0.5, 0.6) is 0 Å². The maximum Gasteiger partial charge on any atom is 0.216 e. The fraction of sp³-hybridized carbons (Fsp3) is 0.600. The first-order valence-corrected chi connectivity index (χ1v) is 8.84. The molecule has 1 aliphatic rings. The van der Waals surface area contributed by atoms with Crippen molar-refractivity contribution in [3.8, 4) is 0 Å². The van der Waals surface area contributed by atoms with Gasteiger partial charge in [0.15, 0.2) is 0 Å². The van der Waals surface area contributed by atoms with Crippen LogP contribution in [0.4, 0.5) is 4.39 Å². The summed E-state index contributed by atoms with van der Waals surface area (Å²) in [5.74, 6) is -0.111. The van der Waals surface area contributed by atoms with Crippen LogP contribution in [0.3, 0.4) is 0 Å². The lowest BCUT2D eigenvalue weighted by atomic mass is 9.99. The molecule has 0 bridgehead atoms. The molecule has 6 heteroatoms. The van der Waals surface area contributed by atoms with E-state index in [0.29, 0.717) is 13.1 Å². The highest BCUT2D eigenvalue weighted by Crippen LogP contribution is 2.29. The number of nitrogens with zero attached hydrogens (tertiary/aromatic N) is 1. The van der Waals surface area contributed by atoms with E-state index in [1.54, 1.807) is 12.1 Å². The maximum atomic E-state index is 12.9. The molecule has 0 radical (unpaired) electrons. The van der Waals surface area contributed by atoms with Crippen molar-refractivity contribution in [3.63, 3.8) is 0 Å². The summed E-state index contributed by atoms with van der Waals surface area (Å²) in [5, 5.41) is 0. The highest BCUT2D eigenvalue weighted by Gasteiger charge is 2.31. The molecule has 2 rings (SSSR count). The minimum Gasteiger partial charge on any atom is -0.378 e. The van der Waals surface area contributed by atoms with Crippen molar-refractivity contribution in [2.24, 2.45) is 0 Å². The summed E-state index contributed by atoms with van der Waals surface area (Å²) < 4.78 is 44.2. The van der Waals surface area contributed by atoms with Crippen LogP contribution in [0.1, 0.15) is 31.7 Å². The molecule has 0 amide bonds. The Hall–Kier alpha value is -0.980. The molecule has 1 aromatic rings. The quantitative estimate of drug-likeness (QED) is 0.809. The van der Waals surface area contributed by atoms with Crippen molar-refractivity contribution in [2.45, 2.75) is 32.3 Å². The van der Waals surface area contributed by atoms with E-state index in [1.807, 2.05) is 13.8 Å². The van der Waals surface area contributed by atoms with Gasteiger partial charge in [0.25, 0.3) is 0 Å². The molecule has 0 saturated carbocycles. The molecule has 4 nitrogen and oxygen atoms in total. The Balaban J connectivity index is 1.93. The van der Waals surface area contributed by atoms with E-state index in [1.165, 1.54) is 16.4 Å². The first-order valence-electron chi connectivity index (χ1n) is 7.23. The Morgan fingerprint density at radius 1 is 1.33 bits per heavy atom. The molecule has 0 N–H and O–H groups in total. The predicted octanol–water partition coefficient (Wildman–Crippen LogP) is 2.37. The topological polar surface area (TPSA) is 46.6 Å². The normalized spacial score (nSPS) is 20.3. The van der Waals surface area contributed by atoms with Gasteiger partial charge < -0.3 is 4.74 Å². The standard InChI is InChI=1S/C15H22FNO3S/c1-12(2)20-9-10-21(18,19)17-8-7-14(11-17)13-3-5-15(16)6-4-13/h3-6,12,14H,7-11H2,1-2H3/t14-/m1/s1. The third kappa shape index (κ3) is 4.49. The maximum absolute atomic E-state index is 12.9. The zero-order valence-corrected chi connectivity index (χ0v) is 13.3. The van der Waals surface area contributed by atoms with Gasteiger partial charge in [-0.1, -0.05) is 12.1 Å². The third-order valence-electron chi connectivity index (χ3n) is 3.68. The van der Waals surface area contributed by atoms with E-state index in [-0.39, 0.29) is 30.2 Å². The zero-order valence-electron chi connectivity index (χ0n) is 12.5. The fourth-order valence-electron chi connectivity index (χ4n) is 2.51. The van der Waals surface area contributed by atoms with Crippen LogP contribution in [0.15, 0.2) is 24.3 Å². The summed E-state index contributed by atoms with van der Waals surface area (Å²) in [4.78, 5) is 0. The summed E-state index contributed by atoms with van der Waals surface area (Å²) >= 11 is 0. The lowest BCUT2D eigenvalue weighted by Crippen LogP contribution is -2.32. The van der Waals surface area contributed by atoms with Crippen molar-refractivity contribution in [3.05, 3.63) is 35.6 Å². The molecule has 1 fully saturated rings. The smallest absolute Gasteiger partial charge is 0.216 e. The Morgan fingerprint density at radius 3 is 2.62 bits per heavy atom. The van der Waals surface area contributed by atoms with Gasteiger partial charge in [-0.05, 0) is 43.9 Å². The molecule has 1 heterocycles. The summed E-state index contributed by atoms with van der Waals surface area (Å²) in [6.07, 6.45) is 0.807. The second-order valence-corrected chi connectivity index (χ2v) is 7.72. The van der Waals surface area contributed by atoms with E-state index < -0.39 is 10.0 Å². The lowest BCUT2D eigenvalue weighted by molar-refractivity contribution is 0.0907. The molecule has 1 aromatic carbocycles. The van der Waals surface area contributed by atoms with Crippen LogP contribution in [-0.4, -0.2) is 44.3 Å². The van der Waals surface area contributed by atoms with Gasteiger partial charge in [0.2, 0.25) is 10.0 Å². The third-order valence-corrected chi connectivity index (χ3v) is 5.48. The predicted molar refractivity (Wildman–Crippen MR) is 80.2 cm³/mol. The van der Waals surface area contributed by atoms with Crippen LogP contribution in [0.25, 0.3) is 0 Å². The van der Waals surface area contributed by atoms with Crippen molar-refractivity contribution in [1.82, 2.24) is 4.31 Å². The van der Waals surface area contributed by atoms with E-state index in [2.05, 4.69) is 0 Å². The van der Waals surface area contributed by atoms with Gasteiger partial charge in [-0.15, -0.1) is 0 Å². The number of halogens is 1. The molecule has 21 heavy (non-hydrogen) atoms. The van der Waals surface area contributed by atoms with Gasteiger partial charge in [-0.25, -0.2) is 17.1 Å². The summed E-state index contributed by atoms with van der Waals surface area (Å²) in [6.45, 7) is 4.97. The Labute approximate surface area is 126 Å². The van der Waals surface area contributed by atoms with Gasteiger partial charge >= 0.3 is 0 Å². The molecular formula is C15H22FNO3S. The monoisotopic (exact) mass is 315 g/mol. The molecule has 1 aliphatic heterocycles. The lowest BCUT2D eigenvalue weighted by Gasteiger charge is -2.17. The zero-order chi connectivity index (χ0) is 15.5. The van der Waals surface area contributed by atoms with Crippen LogP contribution < -0.4 is 0 Å². The Bertz CT molecular complexity index is 557. The van der Waals surface area contributed by atoms with Gasteiger partial charge in [0, 0.05) is 13.1 Å². The van der Waals surface area contributed by atoms with Gasteiger partial charge in [-0.3, -0.25) is 0 Å². The number of hydrogen-bond donors (Lipinski definition) is 0. The molecule has 1 saturated heterocycles. The van der Waals surface area contributed by atoms with Crippen molar-refractivity contribution in [1.29, 1.82) is 0 Å². The van der Waals surface area contributed by atoms with Crippen molar-refractivity contribution >= 4 is 10.0 Å². The van der Waals surface area contributed by atoms with E-state index in [9.17, 15) is 12.8 Å². The van der Waals surface area contributed by atoms with Gasteiger partial charge in [0.1, 0.15) is 5.82 Å². The molecule has 0 spiro atoms. The molecular weight excluding hydrogens is 293 g/mol. The van der Waals surface area contributed by atoms with Crippen LogP contribution in [0, 0.1) is 5.82 Å². The van der Waals surface area contributed by atoms with Crippen molar-refractivity contribution < 1.29 is 17.5 Å². The Morgan fingerprint density at radius 2 is 2.00 bits per heavy atom. The number of rotatable bonds is 6. The van der Waals surface area contributed by atoms with Crippen molar-refractivity contribution in [2.75, 3.05) is 25.4 Å². The number of sulfonamides is 1. The summed E-state index contributed by atoms with van der Waals surface area (Å²) in [5.41, 5.74) is 0.993. The molecule has 0 aromatic heterocycles. The van der Waals surface area contributed by atoms with Crippen LogP contribution in [-0.2, 0) is 14.8 Å². The van der Waals surface area contributed by atoms with E-state index in [4.69, 9.17) is 4.74 Å². The van der Waals surface area contributed by atoms with Crippen LogP contribution in [0.2, 0.25) is 0 Å². The van der Waals surface area contributed by atoms with Gasteiger partial charge in [-0.2, -0.15) is 0 Å². The molecule has 1 atom stereocenters. The summed E-state index contributed by atoms with van der Waals surface area (Å²) in [7, 11) is -3.27. The average molecular weight is 315 g/mol. The number of hydrogen-bond acceptors (Lipinski definition) is 3. The molecule has 118 valence electrons. The highest BCUT2D eigenvalue weighted by atomic mass is 32.2. The second kappa shape index (κ2) is 6.85. The van der Waals surface area contributed by atoms with Gasteiger partial charge in [0.05, 0.1) is 18.5 Å². The molecule has 0 unspecified atom stereocenters. The molecule has 0 aliphatic carbocycles. The fourth-order valence-corrected chi connectivity index (χ4v) is 3.86.